The maximum Gasteiger partial charge on any atom is 0.423 e. The number of carbonyl (C=O) groups is 4. The molecule has 4 amide bonds. The number of hydrogen-bond acceptors (Lipinski definition) is 21. The number of aromatic nitrogens is 2. The molecule has 5 aromatic rings. The molecule has 3 heterocycles. The molecular weight excluding hydrogens is 1430 g/mol. The number of nitro groups is 3. The van der Waals surface area contributed by atoms with E-state index in [1.165, 1.54) is 130 Å². The summed E-state index contributed by atoms with van der Waals surface area (Å²) in [5, 5.41) is 35.3. The van der Waals surface area contributed by atoms with Crippen LogP contribution in [0.1, 0.15) is 136 Å². The number of amides is 4. The third-order valence-electron chi connectivity index (χ3n) is 18.5. The van der Waals surface area contributed by atoms with Crippen LogP contribution in [0.5, 0.6) is 11.5 Å². The third-order valence-corrected chi connectivity index (χ3v) is 19.9. The van der Waals surface area contributed by atoms with Gasteiger partial charge >= 0.3 is 12.1 Å². The van der Waals surface area contributed by atoms with E-state index in [0.717, 1.165) is 92.3 Å². The number of imide groups is 1. The number of rotatable bonds is 18. The second-order valence-corrected chi connectivity index (χ2v) is 29.1. The largest absolute Gasteiger partial charge is 0.495 e. The molecule has 6 fully saturated rings. The van der Waals surface area contributed by atoms with Gasteiger partial charge in [0.05, 0.1) is 29.0 Å². The van der Waals surface area contributed by atoms with E-state index in [9.17, 15) is 49.5 Å². The zero-order valence-electron chi connectivity index (χ0n) is 59.3. The Morgan fingerprint density at radius 1 is 0.614 bits per heavy atom. The Morgan fingerprint density at radius 3 is 1.50 bits per heavy atom. The number of nitrogen functional groups attached to an aromatic ring is 1. The number of benzene rings is 4. The van der Waals surface area contributed by atoms with Gasteiger partial charge in [0.1, 0.15) is 67.3 Å². The topological polar surface area (TPSA) is 312 Å². The van der Waals surface area contributed by atoms with Gasteiger partial charge in [-0.3, -0.25) is 44.8 Å². The molecule has 0 atom stereocenters. The molecule has 1 aromatic heterocycles. The van der Waals surface area contributed by atoms with Gasteiger partial charge in [-0.25, -0.2) is 19.6 Å². The molecule has 31 heteroatoms. The fourth-order valence-corrected chi connectivity index (χ4v) is 13.6. The van der Waals surface area contributed by atoms with Gasteiger partial charge in [-0.15, -0.1) is 0 Å². The van der Waals surface area contributed by atoms with E-state index in [0.29, 0.717) is 27.0 Å². The predicted molar refractivity (Wildman–Crippen MR) is 399 cm³/mol. The highest BCUT2D eigenvalue weighted by Crippen LogP contribution is 2.47. The lowest BCUT2D eigenvalue weighted by atomic mass is 9.94. The van der Waals surface area contributed by atoms with Crippen LogP contribution in [0, 0.1) is 30.3 Å². The van der Waals surface area contributed by atoms with Crippen LogP contribution < -0.4 is 40.1 Å². The minimum Gasteiger partial charge on any atom is -0.495 e. The minimum atomic E-state index is -1.02. The van der Waals surface area contributed by atoms with Gasteiger partial charge in [-0.1, -0.05) is 76.1 Å². The van der Waals surface area contributed by atoms with Gasteiger partial charge < -0.3 is 49.8 Å². The summed E-state index contributed by atoms with van der Waals surface area (Å²) in [6, 6.07) is 21.5. The number of anilines is 6. The Kier molecular flexibility index (Phi) is 29.5. The number of urea groups is 1. The number of carbonyl (C=O) groups excluding carboxylic acids is 4. The highest BCUT2D eigenvalue weighted by molar-refractivity contribution is 9.10. The summed E-state index contributed by atoms with van der Waals surface area (Å²) < 4.78 is 16.5. The molecular formula is C70H94BrCl3N14O13. The first-order valence-corrected chi connectivity index (χ1v) is 35.8. The van der Waals surface area contributed by atoms with Crippen LogP contribution >= 0.6 is 50.7 Å². The van der Waals surface area contributed by atoms with Crippen molar-refractivity contribution in [2.45, 2.75) is 179 Å². The maximum absolute atomic E-state index is 13.4. The first-order chi connectivity index (χ1) is 47.8. The van der Waals surface area contributed by atoms with Crippen LogP contribution in [-0.2, 0) is 20.7 Å². The van der Waals surface area contributed by atoms with E-state index < -0.39 is 32.5 Å². The fourth-order valence-electron chi connectivity index (χ4n) is 12.5. The number of halogens is 4. The van der Waals surface area contributed by atoms with Crippen molar-refractivity contribution in [2.24, 2.45) is 0 Å². The molecule has 27 nitrogen and oxygen atoms in total. The molecule has 4 aromatic carbocycles. The van der Waals surface area contributed by atoms with Gasteiger partial charge in [-0.2, -0.15) is 4.90 Å². The summed E-state index contributed by atoms with van der Waals surface area (Å²) in [6.07, 6.45) is 20.2. The average molecular weight is 1530 g/mol. The van der Waals surface area contributed by atoms with Gasteiger partial charge in [0.25, 0.3) is 17.1 Å². The van der Waals surface area contributed by atoms with Gasteiger partial charge in [-0.05, 0) is 156 Å². The highest BCUT2D eigenvalue weighted by atomic mass is 79.9. The molecule has 4 aliphatic carbocycles. The van der Waals surface area contributed by atoms with Crippen molar-refractivity contribution < 1.29 is 48.2 Å². The van der Waals surface area contributed by atoms with Gasteiger partial charge in [0.2, 0.25) is 5.91 Å². The molecule has 0 unspecified atom stereocenters. The van der Waals surface area contributed by atoms with E-state index in [1.807, 2.05) is 12.1 Å². The average Bonchev–Trinajstić information content (AvgIpc) is 1.75. The summed E-state index contributed by atoms with van der Waals surface area (Å²) in [5.74, 6) is -0.00937. The summed E-state index contributed by atoms with van der Waals surface area (Å²) in [7, 11) is 10.9. The Morgan fingerprint density at radius 2 is 1.07 bits per heavy atom. The Bertz CT molecular complexity index is 3700. The third kappa shape index (κ3) is 23.4. The lowest BCUT2D eigenvalue weighted by Crippen LogP contribution is -2.47. The first kappa shape index (κ1) is 80.6. The quantitative estimate of drug-likeness (QED) is 0.0356. The lowest BCUT2D eigenvalue weighted by molar-refractivity contribution is -0.385. The molecule has 0 spiro atoms. The van der Waals surface area contributed by atoms with Crippen LogP contribution in [0.4, 0.5) is 60.9 Å². The number of nitrogens with one attached hydrogen (secondary N) is 1. The number of methoxy groups -OCH3 is 2. The predicted octanol–water partition coefficient (Wildman–Crippen LogP) is 15.2. The summed E-state index contributed by atoms with van der Waals surface area (Å²) in [5.41, 5.74) is 7.17. The Balaban J connectivity index is 0.000000184. The van der Waals surface area contributed by atoms with Gasteiger partial charge in [0, 0.05) is 135 Å². The molecule has 0 bridgehead atoms. The molecule has 4 saturated carbocycles. The van der Waals surface area contributed by atoms with Gasteiger partial charge in [0.15, 0.2) is 0 Å². The summed E-state index contributed by atoms with van der Waals surface area (Å²) >= 11 is 21.9. The summed E-state index contributed by atoms with van der Waals surface area (Å²) in [6.45, 7) is 11.4. The van der Waals surface area contributed by atoms with Crippen LogP contribution in [0.3, 0.4) is 0 Å². The van der Waals surface area contributed by atoms with Crippen LogP contribution in [0.25, 0.3) is 0 Å². The molecule has 0 radical (unpaired) electrons. The zero-order valence-corrected chi connectivity index (χ0v) is 63.2. The SMILES string of the molecule is CC(=O)Cc1ccc(Br)cc1[N+](=O)[O-].CC(=O)Nc1ccc(N2CCC(N(C)C3CC3)CC2)cc1[N+](=O)[O-].CN(C1CC1)C1CCN(c2ccc(N)c([N+](=O)[O-])c2)CC1.CN(C1CCCCC1)C1CC1.COc1cc(OC)c(Cl)c(N(C(=O)OC(C)(C)C)C(=O)N(C)c2cc(Cl)ncn2)c1Cl. The zero-order chi connectivity index (χ0) is 74.2. The second kappa shape index (κ2) is 36.9. The van der Waals surface area contributed by atoms with Crippen LogP contribution in [-0.4, -0.2) is 174 Å². The van der Waals surface area contributed by atoms with E-state index in [2.05, 4.69) is 76.9 Å². The van der Waals surface area contributed by atoms with E-state index in [4.69, 9.17) is 54.7 Å². The van der Waals surface area contributed by atoms with E-state index in [1.54, 1.807) is 57.2 Å². The van der Waals surface area contributed by atoms with Crippen LogP contribution in [0.15, 0.2) is 77.5 Å². The Hall–Kier alpha value is -7.73. The van der Waals surface area contributed by atoms with Crippen molar-refractivity contribution in [3.05, 3.63) is 129 Å². The van der Waals surface area contributed by atoms with Crippen molar-refractivity contribution in [2.75, 3.05) is 99.2 Å². The van der Waals surface area contributed by atoms with Crippen molar-refractivity contribution in [1.29, 1.82) is 0 Å². The smallest absolute Gasteiger partial charge is 0.423 e. The van der Waals surface area contributed by atoms with Crippen molar-refractivity contribution >= 4 is 126 Å². The monoisotopic (exact) mass is 1520 g/mol. The number of nitrogens with zero attached hydrogens (tertiary/aromatic N) is 12. The lowest BCUT2D eigenvalue weighted by Gasteiger charge is -2.38. The highest BCUT2D eigenvalue weighted by Gasteiger charge is 2.39. The number of nitro benzene ring substituents is 3. The second-order valence-electron chi connectivity index (χ2n) is 27.1. The fraction of sp³-hybridized carbons (Fsp3) is 0.543. The minimum absolute atomic E-state index is 0.00437. The van der Waals surface area contributed by atoms with Crippen molar-refractivity contribution in [3.8, 4) is 11.5 Å². The first-order valence-electron chi connectivity index (χ1n) is 33.9. The van der Waals surface area contributed by atoms with Crippen molar-refractivity contribution in [1.82, 2.24) is 24.7 Å². The molecule has 2 saturated heterocycles. The molecule has 101 heavy (non-hydrogen) atoms. The molecule has 550 valence electrons. The van der Waals surface area contributed by atoms with E-state index >= 15 is 0 Å². The number of ketones is 1. The number of ether oxygens (including phenoxy) is 3. The molecule has 3 N–H and O–H groups in total. The number of piperidine rings is 2. The Labute approximate surface area is 613 Å². The normalized spacial score (nSPS) is 16.4. The number of nitrogens with two attached hydrogens (primary N) is 1. The summed E-state index contributed by atoms with van der Waals surface area (Å²) in [4.78, 5) is 102. The molecule has 6 aliphatic rings. The standard InChI is InChI=1S/C19H21Cl3N4O5.C17H24N4O3.C15H22N4O2.C10H19N.C9H8BrNO3/c1-19(2,3)31-18(28)26(17(27)25(4)13-8-12(20)23-9-24-13)16-14(21)10(29-5)7-11(30-6)15(16)22;1-12(22)18-16-6-5-15(11-17(16)21(23)24)20-9-7-14(8-10-20)19(2)13-3-4-13;1-17(11-2-3-11)12-6-8-18(9-7-12)13-4-5-14(16)15(10-13)19(20)21;1-11(10-7-8-10)9-5-3-2-4-6-9;1-6(12)4-7-2-3-8(10)5-9(7)11(13)14/h7-9H,1-6H3;5-6,11,13-14H,3-4,7-10H2,1-2H3,(H,18,22);4-5,10-12H,2-3,6-9,16H2,1H3;9-10H,2-8H2,1H3;2-3,5H,4H2,1H3. The molecule has 2 aliphatic heterocycles. The number of hydrogen-bond donors (Lipinski definition) is 2. The van der Waals surface area contributed by atoms with E-state index in [-0.39, 0.29) is 84.8 Å². The van der Waals surface area contributed by atoms with Crippen LogP contribution in [0.2, 0.25) is 15.2 Å². The molecule has 11 rings (SSSR count). The number of Topliss-reactive ketones (excluding diaryl/α,β-unsaturated/α-hetero) is 1. The van der Waals surface area contributed by atoms with Crippen molar-refractivity contribution in [3.63, 3.8) is 0 Å². The maximum atomic E-state index is 13.4.